The third kappa shape index (κ3) is 1.72. The second-order valence-corrected chi connectivity index (χ2v) is 7.05. The Kier molecular flexibility index (Phi) is 3.29. The van der Waals surface area contributed by atoms with Crippen LogP contribution in [0.1, 0.15) is 33.1 Å². The molecule has 3 N–H and O–H groups in total. The smallest absolute Gasteiger partial charge is 0.244 e. The molecule has 0 aromatic heterocycles. The van der Waals surface area contributed by atoms with Crippen molar-refractivity contribution >= 4 is 11.8 Å². The number of amides is 2. The zero-order chi connectivity index (χ0) is 15.4. The van der Waals surface area contributed by atoms with Gasteiger partial charge in [0.25, 0.3) is 0 Å². The van der Waals surface area contributed by atoms with Crippen LogP contribution in [0, 0.1) is 11.3 Å². The molecule has 0 bridgehead atoms. The summed E-state index contributed by atoms with van der Waals surface area (Å²) in [6, 6.07) is -0.375. The van der Waals surface area contributed by atoms with Gasteiger partial charge in [-0.15, -0.1) is 0 Å². The van der Waals surface area contributed by atoms with Gasteiger partial charge in [0.1, 0.15) is 11.6 Å². The second-order valence-electron chi connectivity index (χ2n) is 7.05. The first-order valence-corrected chi connectivity index (χ1v) is 7.79. The van der Waals surface area contributed by atoms with Gasteiger partial charge in [0.05, 0.1) is 6.10 Å². The quantitative estimate of drug-likeness (QED) is 0.743. The summed E-state index contributed by atoms with van der Waals surface area (Å²) >= 11 is 0. The van der Waals surface area contributed by atoms with Gasteiger partial charge in [0.2, 0.25) is 11.8 Å². The van der Waals surface area contributed by atoms with E-state index < -0.39 is 5.54 Å². The van der Waals surface area contributed by atoms with Crippen LogP contribution in [0.2, 0.25) is 0 Å². The summed E-state index contributed by atoms with van der Waals surface area (Å²) in [5, 5.41) is 2.65. The van der Waals surface area contributed by atoms with Crippen molar-refractivity contribution < 1.29 is 14.3 Å². The SMILES string of the molecule is CNC(=O)C1CCCN1C(=O)C1(N)C2CCOC2C1(C)C. The van der Waals surface area contributed by atoms with Gasteiger partial charge in [-0.2, -0.15) is 0 Å². The van der Waals surface area contributed by atoms with Crippen LogP contribution in [-0.4, -0.2) is 54.6 Å². The van der Waals surface area contributed by atoms with Crippen LogP contribution in [0.4, 0.5) is 0 Å². The largest absolute Gasteiger partial charge is 0.377 e. The molecular weight excluding hydrogens is 270 g/mol. The van der Waals surface area contributed by atoms with Gasteiger partial charge in [-0.1, -0.05) is 13.8 Å². The number of hydrogen-bond acceptors (Lipinski definition) is 4. The molecule has 6 heteroatoms. The molecule has 0 radical (unpaired) electrons. The van der Waals surface area contributed by atoms with Crippen LogP contribution < -0.4 is 11.1 Å². The van der Waals surface area contributed by atoms with Gasteiger partial charge in [-0.05, 0) is 19.3 Å². The molecule has 0 aromatic rings. The molecule has 1 saturated carbocycles. The first kappa shape index (κ1) is 14.8. The van der Waals surface area contributed by atoms with E-state index in [2.05, 4.69) is 5.32 Å². The summed E-state index contributed by atoms with van der Waals surface area (Å²) in [4.78, 5) is 26.8. The zero-order valence-electron chi connectivity index (χ0n) is 13.0. The van der Waals surface area contributed by atoms with E-state index in [-0.39, 0.29) is 35.3 Å². The van der Waals surface area contributed by atoms with Gasteiger partial charge in [0, 0.05) is 31.5 Å². The number of nitrogens with two attached hydrogens (primary N) is 1. The van der Waals surface area contributed by atoms with Crippen molar-refractivity contribution in [3.05, 3.63) is 0 Å². The number of likely N-dealkylation sites (tertiary alicyclic amines) is 1. The fourth-order valence-electron chi connectivity index (χ4n) is 4.51. The molecule has 21 heavy (non-hydrogen) atoms. The van der Waals surface area contributed by atoms with Crippen molar-refractivity contribution in [3.8, 4) is 0 Å². The van der Waals surface area contributed by atoms with Crippen molar-refractivity contribution in [3.63, 3.8) is 0 Å². The fraction of sp³-hybridized carbons (Fsp3) is 0.867. The number of ether oxygens (including phenoxy) is 1. The number of carbonyl (C=O) groups excluding carboxylic acids is 2. The number of rotatable bonds is 2. The molecular formula is C15H25N3O3. The molecule has 3 rings (SSSR count). The highest BCUT2D eigenvalue weighted by Gasteiger charge is 2.72. The minimum absolute atomic E-state index is 0.0625. The van der Waals surface area contributed by atoms with Crippen LogP contribution >= 0.6 is 0 Å². The number of nitrogens with zero attached hydrogens (tertiary/aromatic N) is 1. The summed E-state index contributed by atoms with van der Waals surface area (Å²) in [5.74, 6) is -0.0999. The zero-order valence-corrected chi connectivity index (χ0v) is 13.0. The predicted molar refractivity (Wildman–Crippen MR) is 77.3 cm³/mol. The van der Waals surface area contributed by atoms with Crippen LogP contribution in [0.15, 0.2) is 0 Å². The summed E-state index contributed by atoms with van der Waals surface area (Å²) in [7, 11) is 1.61. The normalized spacial score (nSPS) is 40.6. The number of nitrogens with one attached hydrogen (secondary N) is 1. The Morgan fingerprint density at radius 2 is 2.05 bits per heavy atom. The predicted octanol–water partition coefficient (Wildman–Crippen LogP) is -0.134. The number of fused-ring (bicyclic) bond motifs is 1. The lowest BCUT2D eigenvalue weighted by atomic mass is 9.47. The number of carbonyl (C=O) groups is 2. The van der Waals surface area contributed by atoms with E-state index >= 15 is 0 Å². The second kappa shape index (κ2) is 4.68. The van der Waals surface area contributed by atoms with Crippen molar-refractivity contribution in [2.24, 2.45) is 17.1 Å². The molecule has 6 nitrogen and oxygen atoms in total. The van der Waals surface area contributed by atoms with Crippen molar-refractivity contribution in [1.82, 2.24) is 10.2 Å². The summed E-state index contributed by atoms with van der Waals surface area (Å²) in [5.41, 5.74) is 5.29. The summed E-state index contributed by atoms with van der Waals surface area (Å²) in [6.45, 7) is 5.29. The van der Waals surface area contributed by atoms with E-state index in [0.29, 0.717) is 19.6 Å². The van der Waals surface area contributed by atoms with Gasteiger partial charge in [0.15, 0.2) is 0 Å². The third-order valence-electron chi connectivity index (χ3n) is 5.87. The Hall–Kier alpha value is -1.14. The van der Waals surface area contributed by atoms with Crippen LogP contribution in [0.25, 0.3) is 0 Å². The maximum absolute atomic E-state index is 13.1. The van der Waals surface area contributed by atoms with E-state index in [0.717, 1.165) is 12.8 Å². The lowest BCUT2D eigenvalue weighted by Crippen LogP contribution is -2.80. The van der Waals surface area contributed by atoms with E-state index in [1.807, 2.05) is 13.8 Å². The Morgan fingerprint density at radius 1 is 1.33 bits per heavy atom. The maximum Gasteiger partial charge on any atom is 0.244 e. The van der Waals surface area contributed by atoms with E-state index in [1.165, 1.54) is 0 Å². The molecule has 2 amide bonds. The summed E-state index contributed by atoms with van der Waals surface area (Å²) < 4.78 is 5.74. The highest BCUT2D eigenvalue weighted by molar-refractivity contribution is 5.94. The van der Waals surface area contributed by atoms with Gasteiger partial charge >= 0.3 is 0 Å². The molecule has 0 aromatic carbocycles. The summed E-state index contributed by atoms with van der Waals surface area (Å²) in [6.07, 6.45) is 2.46. The highest BCUT2D eigenvalue weighted by Crippen LogP contribution is 2.59. The maximum atomic E-state index is 13.1. The Morgan fingerprint density at radius 3 is 2.71 bits per heavy atom. The van der Waals surface area contributed by atoms with Crippen LogP contribution in [0.3, 0.4) is 0 Å². The molecule has 118 valence electrons. The van der Waals surface area contributed by atoms with Crippen molar-refractivity contribution in [2.75, 3.05) is 20.2 Å². The average Bonchev–Trinajstić information content (AvgIpc) is 3.12. The molecule has 3 fully saturated rings. The van der Waals surface area contributed by atoms with E-state index in [9.17, 15) is 9.59 Å². The lowest BCUT2D eigenvalue weighted by Gasteiger charge is -2.61. The van der Waals surface area contributed by atoms with E-state index in [1.54, 1.807) is 11.9 Å². The van der Waals surface area contributed by atoms with Gasteiger partial charge in [-0.3, -0.25) is 9.59 Å². The van der Waals surface area contributed by atoms with Crippen LogP contribution in [0.5, 0.6) is 0 Å². The van der Waals surface area contributed by atoms with Gasteiger partial charge in [-0.25, -0.2) is 0 Å². The van der Waals surface area contributed by atoms with Gasteiger partial charge < -0.3 is 20.7 Å². The highest BCUT2D eigenvalue weighted by atomic mass is 16.5. The standard InChI is InChI=1S/C15H25N3O3/c1-14(2)11-9(6-8-21-11)15(14,16)13(20)18-7-4-5-10(18)12(19)17-3/h9-11H,4-8,16H2,1-3H3,(H,17,19). The molecule has 3 aliphatic rings. The first-order chi connectivity index (χ1) is 9.85. The number of hydrogen-bond donors (Lipinski definition) is 2. The topological polar surface area (TPSA) is 84.7 Å². The van der Waals surface area contributed by atoms with Crippen LogP contribution in [-0.2, 0) is 14.3 Å². The lowest BCUT2D eigenvalue weighted by molar-refractivity contribution is -0.185. The molecule has 1 aliphatic carbocycles. The molecule has 4 atom stereocenters. The number of likely N-dealkylation sites (N-methyl/N-ethyl adjacent to an activating group) is 1. The fourth-order valence-corrected chi connectivity index (χ4v) is 4.51. The molecule has 2 heterocycles. The molecule has 2 saturated heterocycles. The Balaban J connectivity index is 1.86. The molecule has 0 spiro atoms. The average molecular weight is 295 g/mol. The van der Waals surface area contributed by atoms with Crippen molar-refractivity contribution in [1.29, 1.82) is 0 Å². The van der Waals surface area contributed by atoms with Crippen molar-refractivity contribution in [2.45, 2.75) is 50.8 Å². The molecule has 4 unspecified atom stereocenters. The Labute approximate surface area is 125 Å². The minimum Gasteiger partial charge on any atom is -0.377 e. The van der Waals surface area contributed by atoms with E-state index in [4.69, 9.17) is 10.5 Å². The monoisotopic (exact) mass is 295 g/mol. The minimum atomic E-state index is -0.912. The molecule has 2 aliphatic heterocycles. The first-order valence-electron chi connectivity index (χ1n) is 7.79. The Bertz CT molecular complexity index is 479. The third-order valence-corrected chi connectivity index (χ3v) is 5.87.